The van der Waals surface area contributed by atoms with Crippen LogP contribution in [0.3, 0.4) is 0 Å². The molecule has 1 aromatic heterocycles. The maximum atomic E-state index is 15.0. The highest BCUT2D eigenvalue weighted by atomic mass is 16.5. The molecule has 3 aliphatic rings. The summed E-state index contributed by atoms with van der Waals surface area (Å²) >= 11 is 0. The number of amides is 3. The first-order chi connectivity index (χ1) is 31.2. The molecule has 0 saturated carbocycles. The van der Waals surface area contributed by atoms with Gasteiger partial charge < -0.3 is 24.6 Å². The summed E-state index contributed by atoms with van der Waals surface area (Å²) in [4.78, 5) is 48.5. The first kappa shape index (κ1) is 40.2. The molecule has 3 amide bonds. The van der Waals surface area contributed by atoms with E-state index >= 15 is 4.79 Å². The van der Waals surface area contributed by atoms with E-state index in [-0.39, 0.29) is 25.0 Å². The number of para-hydroxylation sites is 6. The van der Waals surface area contributed by atoms with Gasteiger partial charge in [-0.3, -0.25) is 28.9 Å². The zero-order valence-corrected chi connectivity index (χ0v) is 34.7. The summed E-state index contributed by atoms with van der Waals surface area (Å²) < 4.78 is 14.2. The molecule has 0 unspecified atom stereocenters. The van der Waals surface area contributed by atoms with Crippen LogP contribution >= 0.6 is 0 Å². The Morgan fingerprint density at radius 1 is 0.688 bits per heavy atom. The van der Waals surface area contributed by atoms with Gasteiger partial charge in [0.05, 0.1) is 40.4 Å². The minimum Gasteiger partial charge on any atom is -0.454 e. The van der Waals surface area contributed by atoms with E-state index in [1.54, 1.807) is 99.2 Å². The van der Waals surface area contributed by atoms with E-state index in [1.165, 1.54) is 0 Å². The van der Waals surface area contributed by atoms with Crippen molar-refractivity contribution in [3.05, 3.63) is 186 Å². The van der Waals surface area contributed by atoms with Gasteiger partial charge in [0, 0.05) is 48.6 Å². The van der Waals surface area contributed by atoms with E-state index in [1.807, 2.05) is 84.9 Å². The molecule has 2 N–H and O–H groups in total. The zero-order chi connectivity index (χ0) is 44.0. The van der Waals surface area contributed by atoms with E-state index in [2.05, 4.69) is 10.3 Å². The Kier molecular flexibility index (Phi) is 10.3. The van der Waals surface area contributed by atoms with Crippen molar-refractivity contribution in [2.45, 2.75) is 38.5 Å². The summed E-state index contributed by atoms with van der Waals surface area (Å²) in [7, 11) is 0. The number of ether oxygens (including phenoxy) is 2. The van der Waals surface area contributed by atoms with E-state index in [4.69, 9.17) is 9.47 Å². The summed E-state index contributed by atoms with van der Waals surface area (Å²) in [6.07, 6.45) is 6.45. The van der Waals surface area contributed by atoms with Crippen LogP contribution in [0.15, 0.2) is 158 Å². The molecule has 318 valence electrons. The second-order valence-corrected chi connectivity index (χ2v) is 15.9. The number of aliphatic hydroxyl groups excluding tert-OH is 1. The average Bonchev–Trinajstić information content (AvgIpc) is 3.76. The molecule has 13 heteroatoms. The van der Waals surface area contributed by atoms with E-state index < -0.39 is 17.4 Å². The molecule has 13 nitrogen and oxygen atoms in total. The van der Waals surface area contributed by atoms with Gasteiger partial charge in [-0.05, 0) is 90.8 Å². The van der Waals surface area contributed by atoms with Crippen molar-refractivity contribution < 1.29 is 34.1 Å². The molecule has 3 aliphatic heterocycles. The summed E-state index contributed by atoms with van der Waals surface area (Å²) in [5.74, 6) is -0.00594. The third-order valence-corrected chi connectivity index (χ3v) is 11.9. The highest BCUT2D eigenvalue weighted by Crippen LogP contribution is 2.50. The van der Waals surface area contributed by atoms with Gasteiger partial charge in [0.1, 0.15) is 11.5 Å². The Morgan fingerprint density at radius 2 is 1.28 bits per heavy atom. The maximum Gasteiger partial charge on any atom is 0.266 e. The van der Waals surface area contributed by atoms with Crippen LogP contribution in [0.5, 0.6) is 23.0 Å². The fraction of sp³-hybridized carbons (Fsp3) is 0.157. The number of nitrogens with zero attached hydrogens (tertiary/aromatic N) is 6. The second-order valence-electron chi connectivity index (χ2n) is 15.9. The predicted octanol–water partition coefficient (Wildman–Crippen LogP) is 9.00. The molecule has 2 atom stereocenters. The molecule has 0 aliphatic carbocycles. The first-order valence-electron chi connectivity index (χ1n) is 21.1. The van der Waals surface area contributed by atoms with Gasteiger partial charge >= 0.3 is 0 Å². The smallest absolute Gasteiger partial charge is 0.266 e. The number of allylic oxidation sites excluding steroid dienone is 1. The van der Waals surface area contributed by atoms with Crippen LogP contribution in [0.2, 0.25) is 0 Å². The predicted molar refractivity (Wildman–Crippen MR) is 241 cm³/mol. The lowest BCUT2D eigenvalue weighted by molar-refractivity contribution is -0.139. The number of rotatable bonds is 11. The number of carbonyl (C=O) groups excluding carboxylic acids is 3. The van der Waals surface area contributed by atoms with E-state index in [0.29, 0.717) is 98.8 Å². The van der Waals surface area contributed by atoms with Gasteiger partial charge in [0.25, 0.3) is 17.7 Å². The molecule has 6 aromatic carbocycles. The lowest BCUT2D eigenvalue weighted by Gasteiger charge is -2.29. The van der Waals surface area contributed by atoms with Crippen molar-refractivity contribution in [2.75, 3.05) is 21.3 Å². The highest BCUT2D eigenvalue weighted by Gasteiger charge is 2.53. The molecule has 0 saturated heterocycles. The Balaban J connectivity index is 1.03. The number of aryl methyl sites for hydroxylation is 1. The van der Waals surface area contributed by atoms with Crippen LogP contribution in [0.25, 0.3) is 0 Å². The van der Waals surface area contributed by atoms with Gasteiger partial charge in [-0.1, -0.05) is 85.0 Å². The summed E-state index contributed by atoms with van der Waals surface area (Å²) in [6.45, 7) is 2.33. The van der Waals surface area contributed by atoms with Gasteiger partial charge in [0.15, 0.2) is 17.1 Å². The Hall–Kier alpha value is -7.87. The van der Waals surface area contributed by atoms with Gasteiger partial charge in [-0.25, -0.2) is 0 Å². The quantitative estimate of drug-likeness (QED) is 0.122. The number of benzene rings is 6. The van der Waals surface area contributed by atoms with Crippen molar-refractivity contribution in [1.29, 1.82) is 0 Å². The van der Waals surface area contributed by atoms with Crippen LogP contribution in [-0.2, 0) is 29.9 Å². The van der Waals surface area contributed by atoms with Crippen LogP contribution in [-0.4, -0.2) is 49.5 Å². The molecular formula is C51H42N6O7. The topological polar surface area (TPSA) is 151 Å². The number of hydrogen-bond donors (Lipinski definition) is 2. The molecular weight excluding hydrogens is 809 g/mol. The number of fused-ring (bicyclic) bond motifs is 5. The Labute approximate surface area is 368 Å². The number of anilines is 5. The average molecular weight is 851 g/mol. The lowest BCUT2D eigenvalue weighted by atomic mass is 9.82. The van der Waals surface area contributed by atoms with E-state index in [0.717, 1.165) is 0 Å². The minimum absolute atomic E-state index is 0.0229. The summed E-state index contributed by atoms with van der Waals surface area (Å²) in [5.41, 5.74) is 3.00. The Bertz CT molecular complexity index is 3000. The number of carbonyl (C=O) groups is 3. The van der Waals surface area contributed by atoms with Gasteiger partial charge in [0.2, 0.25) is 0 Å². The van der Waals surface area contributed by atoms with Crippen molar-refractivity contribution in [3.8, 4) is 23.0 Å². The third kappa shape index (κ3) is 6.96. The van der Waals surface area contributed by atoms with Crippen LogP contribution in [0.1, 0.15) is 50.9 Å². The molecule has 10 rings (SSSR count). The van der Waals surface area contributed by atoms with Crippen molar-refractivity contribution in [3.63, 3.8) is 0 Å². The largest absolute Gasteiger partial charge is 0.454 e. The van der Waals surface area contributed by atoms with Crippen molar-refractivity contribution in [2.24, 2.45) is 5.92 Å². The number of aromatic nitrogens is 3. The normalized spacial score (nSPS) is 16.9. The first-order valence-corrected chi connectivity index (χ1v) is 21.1. The van der Waals surface area contributed by atoms with E-state index in [9.17, 15) is 19.8 Å². The van der Waals surface area contributed by atoms with Crippen molar-refractivity contribution in [1.82, 2.24) is 15.0 Å². The number of aliphatic hydroxyl groups is 2. The summed E-state index contributed by atoms with van der Waals surface area (Å²) in [6, 6.07) is 41.5. The maximum absolute atomic E-state index is 15.0. The molecule has 0 spiro atoms. The SMILES string of the molecule is C[C@@H](/C=C/CCn1cc(CCO)nn1)[C@]1(O)C(=O)N(Cc2cccc(N3C(=O)c4ccccc4Oc4ccccc43)c2)c2ccc(N3C(=O)c4ccccc4Oc4ccccc43)cc21. The molecule has 0 radical (unpaired) electrons. The zero-order valence-electron chi connectivity index (χ0n) is 34.7. The fourth-order valence-corrected chi connectivity index (χ4v) is 8.66. The Morgan fingerprint density at radius 3 is 1.92 bits per heavy atom. The number of hydrogen-bond acceptors (Lipinski definition) is 9. The lowest BCUT2D eigenvalue weighted by Crippen LogP contribution is -2.44. The molecule has 64 heavy (non-hydrogen) atoms. The molecule has 7 aromatic rings. The standard InChI is InChI=1S/C51H42N6O7/c1-33(13-10-11-27-54-32-35(26-28-58)52-53-54)51(62)40-30-37(57-43-19-5-9-23-47(43)64-45-21-7-3-17-39(45)49(57)60)24-25-41(40)55(50(51)61)31-34-14-12-15-36(29-34)56-42-18-4-8-22-46(42)63-44-20-6-2-16-38(44)48(56)59/h2-10,12-25,29-30,32-33,58,62H,11,26-28,31H2,1H3/b13-10+/t33-,51+/m0/s1. The van der Waals surface area contributed by atoms with Crippen LogP contribution in [0, 0.1) is 5.92 Å². The van der Waals surface area contributed by atoms with Gasteiger partial charge in [-0.2, -0.15) is 0 Å². The second kappa shape index (κ2) is 16.4. The molecule has 4 heterocycles. The third-order valence-electron chi connectivity index (χ3n) is 11.9. The monoisotopic (exact) mass is 850 g/mol. The van der Waals surface area contributed by atoms with Crippen LogP contribution < -0.4 is 24.2 Å². The van der Waals surface area contributed by atoms with Crippen molar-refractivity contribution >= 4 is 46.2 Å². The van der Waals surface area contributed by atoms with Crippen LogP contribution in [0.4, 0.5) is 28.4 Å². The molecule has 0 bridgehead atoms. The summed E-state index contributed by atoms with van der Waals surface area (Å²) in [5, 5.41) is 30.5. The molecule has 0 fully saturated rings. The highest BCUT2D eigenvalue weighted by molar-refractivity contribution is 6.16. The minimum atomic E-state index is -2.05. The fourth-order valence-electron chi connectivity index (χ4n) is 8.66. The van der Waals surface area contributed by atoms with Gasteiger partial charge in [-0.15, -0.1) is 5.10 Å².